The van der Waals surface area contributed by atoms with E-state index in [2.05, 4.69) is 0 Å². The zero-order chi connectivity index (χ0) is 15.5. The van der Waals surface area contributed by atoms with Gasteiger partial charge >= 0.3 is 0 Å². The van der Waals surface area contributed by atoms with Gasteiger partial charge in [-0.25, -0.2) is 8.42 Å². The van der Waals surface area contributed by atoms with Gasteiger partial charge in [0.05, 0.1) is 44.0 Å². The van der Waals surface area contributed by atoms with Gasteiger partial charge in [-0.05, 0) is 19.1 Å². The lowest BCUT2D eigenvalue weighted by molar-refractivity contribution is -0.903. The smallest absolute Gasteiger partial charge is 0.243 e. The number of carbonyl (C=O) groups excluding carboxylic acids is 1. The minimum absolute atomic E-state index is 0.308. The van der Waals surface area contributed by atoms with Crippen LogP contribution in [0.5, 0.6) is 0 Å². The molecule has 1 heterocycles. The molecule has 2 rings (SSSR count). The molecule has 1 aromatic carbocycles. The van der Waals surface area contributed by atoms with E-state index >= 15 is 0 Å². The van der Waals surface area contributed by atoms with Crippen LogP contribution in [-0.4, -0.2) is 51.4 Å². The maximum absolute atomic E-state index is 12.5. The number of sulfonamides is 1. The van der Waals surface area contributed by atoms with Gasteiger partial charge < -0.3 is 10.6 Å². The van der Waals surface area contributed by atoms with Crippen molar-refractivity contribution in [2.75, 3.05) is 32.7 Å². The van der Waals surface area contributed by atoms with Crippen LogP contribution >= 0.6 is 0 Å². The molecule has 1 aromatic rings. The highest BCUT2D eigenvalue weighted by Crippen LogP contribution is 2.16. The van der Waals surface area contributed by atoms with Gasteiger partial charge in [0.25, 0.3) is 0 Å². The SMILES string of the molecule is Cc1ccc(S(=O)(=O)N2CC[NH+](CCC(N)=O)CC2)cc1. The summed E-state index contributed by atoms with van der Waals surface area (Å²) >= 11 is 0. The minimum Gasteiger partial charge on any atom is -0.369 e. The molecule has 0 atom stereocenters. The van der Waals surface area contributed by atoms with Crippen molar-refractivity contribution in [2.24, 2.45) is 5.73 Å². The molecule has 0 saturated carbocycles. The van der Waals surface area contributed by atoms with Crippen molar-refractivity contribution >= 4 is 15.9 Å². The molecule has 1 aliphatic rings. The maximum atomic E-state index is 12.5. The average Bonchev–Trinajstić information content (AvgIpc) is 2.46. The van der Waals surface area contributed by atoms with Crippen molar-refractivity contribution in [3.05, 3.63) is 29.8 Å². The van der Waals surface area contributed by atoms with Gasteiger partial charge in [-0.15, -0.1) is 0 Å². The summed E-state index contributed by atoms with van der Waals surface area (Å²) in [6.07, 6.45) is 0.347. The number of nitrogens with zero attached hydrogens (tertiary/aromatic N) is 1. The Labute approximate surface area is 125 Å². The molecule has 1 aliphatic heterocycles. The lowest BCUT2D eigenvalue weighted by Gasteiger charge is -2.31. The molecule has 0 radical (unpaired) electrons. The number of nitrogens with two attached hydrogens (primary N) is 1. The van der Waals surface area contributed by atoms with Crippen molar-refractivity contribution in [1.29, 1.82) is 0 Å². The van der Waals surface area contributed by atoms with E-state index < -0.39 is 10.0 Å². The van der Waals surface area contributed by atoms with Gasteiger partial charge in [-0.3, -0.25) is 4.79 Å². The summed E-state index contributed by atoms with van der Waals surface area (Å²) in [5.74, 6) is -0.308. The highest BCUT2D eigenvalue weighted by Gasteiger charge is 2.30. The average molecular weight is 312 g/mol. The number of quaternary nitrogens is 1. The Kier molecular flexibility index (Phi) is 4.97. The molecule has 0 aliphatic carbocycles. The second-order valence-electron chi connectivity index (χ2n) is 5.43. The number of rotatable bonds is 5. The van der Waals surface area contributed by atoms with Gasteiger partial charge in [0.15, 0.2) is 0 Å². The highest BCUT2D eigenvalue weighted by atomic mass is 32.2. The van der Waals surface area contributed by atoms with E-state index in [0.29, 0.717) is 44.0 Å². The van der Waals surface area contributed by atoms with Gasteiger partial charge in [0.1, 0.15) is 0 Å². The van der Waals surface area contributed by atoms with Crippen molar-refractivity contribution in [3.8, 4) is 0 Å². The monoisotopic (exact) mass is 312 g/mol. The number of hydrogen-bond donors (Lipinski definition) is 2. The second-order valence-corrected chi connectivity index (χ2v) is 7.37. The van der Waals surface area contributed by atoms with Gasteiger partial charge in [0, 0.05) is 0 Å². The molecular weight excluding hydrogens is 290 g/mol. The Morgan fingerprint density at radius 3 is 2.33 bits per heavy atom. The summed E-state index contributed by atoms with van der Waals surface area (Å²) in [7, 11) is -3.41. The van der Waals surface area contributed by atoms with Crippen LogP contribution in [0.1, 0.15) is 12.0 Å². The summed E-state index contributed by atoms with van der Waals surface area (Å²) in [5, 5.41) is 0. The Balaban J connectivity index is 1.97. The number of nitrogens with one attached hydrogen (secondary N) is 1. The fraction of sp³-hybridized carbons (Fsp3) is 0.500. The van der Waals surface area contributed by atoms with E-state index in [9.17, 15) is 13.2 Å². The Hall–Kier alpha value is -1.44. The lowest BCUT2D eigenvalue weighted by Crippen LogP contribution is -3.15. The first kappa shape index (κ1) is 15.9. The molecule has 1 amide bonds. The standard InChI is InChI=1S/C14H21N3O3S/c1-12-2-4-13(5-3-12)21(19,20)17-10-8-16(9-11-17)7-6-14(15)18/h2-5H,6-11H2,1H3,(H2,15,18)/p+1. The fourth-order valence-electron chi connectivity index (χ4n) is 2.45. The molecule has 6 nitrogen and oxygen atoms in total. The van der Waals surface area contributed by atoms with E-state index in [0.717, 1.165) is 5.56 Å². The molecule has 0 bridgehead atoms. The molecule has 0 aromatic heterocycles. The van der Waals surface area contributed by atoms with E-state index in [1.165, 1.54) is 9.21 Å². The van der Waals surface area contributed by atoms with Crippen LogP contribution in [0.25, 0.3) is 0 Å². The molecule has 7 heteroatoms. The molecule has 0 spiro atoms. The fourth-order valence-corrected chi connectivity index (χ4v) is 3.89. The lowest BCUT2D eigenvalue weighted by atomic mass is 10.2. The normalized spacial score (nSPS) is 17.8. The number of amides is 1. The topological polar surface area (TPSA) is 84.9 Å². The zero-order valence-electron chi connectivity index (χ0n) is 12.2. The number of hydrogen-bond acceptors (Lipinski definition) is 3. The predicted molar refractivity (Wildman–Crippen MR) is 79.3 cm³/mol. The first-order chi connectivity index (χ1) is 9.89. The maximum Gasteiger partial charge on any atom is 0.243 e. The van der Waals surface area contributed by atoms with Crippen LogP contribution in [-0.2, 0) is 14.8 Å². The van der Waals surface area contributed by atoms with E-state index in [1.807, 2.05) is 6.92 Å². The van der Waals surface area contributed by atoms with Crippen LogP contribution in [0.2, 0.25) is 0 Å². The Morgan fingerprint density at radius 2 is 1.81 bits per heavy atom. The van der Waals surface area contributed by atoms with Gasteiger partial charge in [0.2, 0.25) is 15.9 Å². The van der Waals surface area contributed by atoms with Crippen molar-refractivity contribution in [3.63, 3.8) is 0 Å². The predicted octanol–water partition coefficient (Wildman–Crippen LogP) is -1.24. The first-order valence-electron chi connectivity index (χ1n) is 7.08. The molecule has 0 unspecified atom stereocenters. The third-order valence-corrected chi connectivity index (χ3v) is 5.73. The van der Waals surface area contributed by atoms with Crippen LogP contribution in [0.3, 0.4) is 0 Å². The Bertz CT molecular complexity index is 590. The molecular formula is C14H22N3O3S+. The molecule has 3 N–H and O–H groups in total. The molecule has 116 valence electrons. The summed E-state index contributed by atoms with van der Waals surface area (Å²) in [4.78, 5) is 12.3. The number of carbonyl (C=O) groups is 1. The second kappa shape index (κ2) is 6.55. The third-order valence-electron chi connectivity index (χ3n) is 3.81. The number of primary amides is 1. The largest absolute Gasteiger partial charge is 0.369 e. The van der Waals surface area contributed by atoms with Crippen LogP contribution in [0.15, 0.2) is 29.2 Å². The molecule has 1 fully saturated rings. The zero-order valence-corrected chi connectivity index (χ0v) is 13.0. The Morgan fingerprint density at radius 1 is 1.24 bits per heavy atom. The van der Waals surface area contributed by atoms with Crippen molar-refractivity contribution < 1.29 is 18.1 Å². The van der Waals surface area contributed by atoms with Gasteiger partial charge in [-0.1, -0.05) is 17.7 Å². The number of piperazine rings is 1. The highest BCUT2D eigenvalue weighted by molar-refractivity contribution is 7.89. The van der Waals surface area contributed by atoms with E-state index in [-0.39, 0.29) is 5.91 Å². The third kappa shape index (κ3) is 4.03. The van der Waals surface area contributed by atoms with E-state index in [1.54, 1.807) is 24.3 Å². The summed E-state index contributed by atoms with van der Waals surface area (Å²) in [6.45, 7) is 4.97. The molecule has 1 saturated heterocycles. The van der Waals surface area contributed by atoms with Crippen LogP contribution in [0, 0.1) is 6.92 Å². The summed E-state index contributed by atoms with van der Waals surface area (Å²) in [5.41, 5.74) is 6.17. The minimum atomic E-state index is -3.41. The quantitative estimate of drug-likeness (QED) is 0.713. The summed E-state index contributed by atoms with van der Waals surface area (Å²) < 4.78 is 26.5. The van der Waals surface area contributed by atoms with Crippen LogP contribution in [0.4, 0.5) is 0 Å². The van der Waals surface area contributed by atoms with Crippen LogP contribution < -0.4 is 10.6 Å². The summed E-state index contributed by atoms with van der Waals surface area (Å²) in [6, 6.07) is 6.91. The van der Waals surface area contributed by atoms with Crippen molar-refractivity contribution in [2.45, 2.75) is 18.2 Å². The van der Waals surface area contributed by atoms with E-state index in [4.69, 9.17) is 5.73 Å². The van der Waals surface area contributed by atoms with Gasteiger partial charge in [-0.2, -0.15) is 4.31 Å². The molecule has 21 heavy (non-hydrogen) atoms. The number of aryl methyl sites for hydroxylation is 1. The van der Waals surface area contributed by atoms with Crippen molar-refractivity contribution in [1.82, 2.24) is 4.31 Å². The number of benzene rings is 1. The first-order valence-corrected chi connectivity index (χ1v) is 8.52.